The van der Waals surface area contributed by atoms with Crippen LogP contribution in [0.5, 0.6) is 5.75 Å². The summed E-state index contributed by atoms with van der Waals surface area (Å²) in [5.41, 5.74) is 1.01. The molecule has 1 amide bonds. The number of aromatic nitrogens is 1. The highest BCUT2D eigenvalue weighted by atomic mass is 32.2. The van der Waals surface area contributed by atoms with E-state index in [1.165, 1.54) is 17.2 Å². The Labute approximate surface area is 176 Å². The Bertz CT molecular complexity index is 958. The van der Waals surface area contributed by atoms with Crippen molar-refractivity contribution in [1.29, 1.82) is 0 Å². The van der Waals surface area contributed by atoms with Crippen molar-refractivity contribution in [3.63, 3.8) is 0 Å². The minimum atomic E-state index is -0.488. The Balaban J connectivity index is 1.27. The molecule has 3 unspecified atom stereocenters. The lowest BCUT2D eigenvalue weighted by Gasteiger charge is -2.38. The number of nitrogens with zero attached hydrogens (tertiary/aromatic N) is 3. The van der Waals surface area contributed by atoms with Gasteiger partial charge in [-0.05, 0) is 12.8 Å². The third-order valence-electron chi connectivity index (χ3n) is 6.35. The smallest absolute Gasteiger partial charge is 0.415 e. The maximum Gasteiger partial charge on any atom is 0.415 e. The van der Waals surface area contributed by atoms with Crippen LogP contribution in [0.2, 0.25) is 0 Å². The van der Waals surface area contributed by atoms with E-state index in [2.05, 4.69) is 15.4 Å². The number of anilines is 3. The summed E-state index contributed by atoms with van der Waals surface area (Å²) in [6.45, 7) is 0.644. The number of halogens is 1. The van der Waals surface area contributed by atoms with Crippen LogP contribution in [0.1, 0.15) is 12.8 Å². The molecule has 5 heterocycles. The number of rotatable bonds is 4. The molecule has 1 aromatic carbocycles. The quantitative estimate of drug-likeness (QED) is 0.790. The Morgan fingerprint density at radius 1 is 1.23 bits per heavy atom. The molecule has 8 nitrogen and oxygen atoms in total. The Kier molecular flexibility index (Phi) is 4.22. The number of hydrogen-bond donors (Lipinski definition) is 1. The van der Waals surface area contributed by atoms with Crippen LogP contribution < -0.4 is 19.9 Å². The molecule has 4 aliphatic heterocycles. The first-order valence-corrected chi connectivity index (χ1v) is 11.3. The molecule has 2 bridgehead atoms. The van der Waals surface area contributed by atoms with E-state index in [1.807, 2.05) is 11.8 Å². The number of ether oxygens (including phenoxy) is 2. The molecular weight excluding hydrogens is 411 g/mol. The minimum absolute atomic E-state index is 0.289. The van der Waals surface area contributed by atoms with Gasteiger partial charge >= 0.3 is 6.09 Å². The van der Waals surface area contributed by atoms with Crippen molar-refractivity contribution in [1.82, 2.24) is 5.16 Å². The molecule has 3 saturated heterocycles. The van der Waals surface area contributed by atoms with Crippen molar-refractivity contribution >= 4 is 35.0 Å². The molecule has 2 aromatic rings. The molecule has 3 fully saturated rings. The van der Waals surface area contributed by atoms with Gasteiger partial charge in [0.2, 0.25) is 0 Å². The number of benzene rings is 1. The third-order valence-corrected chi connectivity index (χ3v) is 7.59. The van der Waals surface area contributed by atoms with E-state index in [-0.39, 0.29) is 18.5 Å². The fraction of sp³-hybridized carbons (Fsp3) is 0.500. The van der Waals surface area contributed by atoms with Crippen LogP contribution in [0.4, 0.5) is 26.4 Å². The van der Waals surface area contributed by atoms with Crippen molar-refractivity contribution in [2.24, 2.45) is 0 Å². The van der Waals surface area contributed by atoms with Crippen LogP contribution >= 0.6 is 11.8 Å². The number of carbonyl (C=O) groups excluding carboxylic acids is 1. The molecule has 10 heteroatoms. The summed E-state index contributed by atoms with van der Waals surface area (Å²) >= 11 is 1.94. The van der Waals surface area contributed by atoms with Gasteiger partial charge in [-0.15, -0.1) is 0 Å². The van der Waals surface area contributed by atoms with Gasteiger partial charge in [0.05, 0.1) is 17.9 Å². The topological polar surface area (TPSA) is 80.1 Å². The predicted molar refractivity (Wildman–Crippen MR) is 110 cm³/mol. The van der Waals surface area contributed by atoms with E-state index in [0.717, 1.165) is 24.3 Å². The molecule has 0 saturated carbocycles. The van der Waals surface area contributed by atoms with Gasteiger partial charge in [-0.3, -0.25) is 4.90 Å². The van der Waals surface area contributed by atoms with Gasteiger partial charge in [0.15, 0.2) is 5.82 Å². The number of fused-ring (bicyclic) bond motifs is 5. The SMILES string of the molecule is O=C1OC(CNc2ccon2)[C@@H]2COc3cc(N4C5CCC4CSC5)c(F)cc3N12. The lowest BCUT2D eigenvalue weighted by Crippen LogP contribution is -2.47. The standard InChI is InChI=1S/C20H21FN4O4S/c21-13-5-15-17(6-14(13)24-11-1-2-12(24)10-30-9-11)27-8-16-18(29-20(26)25(15)16)7-22-19-3-4-28-23-19/h3-6,11-12,16,18H,1-2,7-10H2,(H,22,23)/t11?,12?,16-,18?/m0/s1. The van der Waals surface area contributed by atoms with Crippen molar-refractivity contribution in [3.8, 4) is 5.75 Å². The molecule has 30 heavy (non-hydrogen) atoms. The molecule has 1 N–H and O–H groups in total. The highest BCUT2D eigenvalue weighted by Crippen LogP contribution is 2.45. The predicted octanol–water partition coefficient (Wildman–Crippen LogP) is 3.10. The second kappa shape index (κ2) is 6.97. The lowest BCUT2D eigenvalue weighted by atomic mass is 10.1. The Morgan fingerprint density at radius 2 is 2.07 bits per heavy atom. The van der Waals surface area contributed by atoms with Gasteiger partial charge in [-0.2, -0.15) is 11.8 Å². The average molecular weight is 432 g/mol. The first-order valence-electron chi connectivity index (χ1n) is 10.2. The molecule has 6 rings (SSSR count). The zero-order valence-corrected chi connectivity index (χ0v) is 16.9. The van der Waals surface area contributed by atoms with Gasteiger partial charge in [-0.1, -0.05) is 5.16 Å². The fourth-order valence-electron chi connectivity index (χ4n) is 4.94. The van der Waals surface area contributed by atoms with E-state index < -0.39 is 12.2 Å². The van der Waals surface area contributed by atoms with Crippen LogP contribution in [0.25, 0.3) is 0 Å². The molecule has 4 aliphatic rings. The number of amides is 1. The summed E-state index contributed by atoms with van der Waals surface area (Å²) in [4.78, 5) is 16.3. The second-order valence-electron chi connectivity index (χ2n) is 8.04. The monoisotopic (exact) mass is 432 g/mol. The number of carbonyl (C=O) groups is 1. The third kappa shape index (κ3) is 2.80. The van der Waals surface area contributed by atoms with Crippen molar-refractivity contribution in [2.75, 3.05) is 39.8 Å². The summed E-state index contributed by atoms with van der Waals surface area (Å²) in [6.07, 6.45) is 2.71. The fourth-order valence-corrected chi connectivity index (χ4v) is 6.28. The van der Waals surface area contributed by atoms with E-state index in [4.69, 9.17) is 14.0 Å². The number of nitrogens with one attached hydrogen (secondary N) is 1. The lowest BCUT2D eigenvalue weighted by molar-refractivity contribution is 0.128. The van der Waals surface area contributed by atoms with Gasteiger partial charge in [-0.25, -0.2) is 9.18 Å². The molecule has 1 aromatic heterocycles. The molecule has 4 atom stereocenters. The zero-order chi connectivity index (χ0) is 20.2. The molecule has 158 valence electrons. The van der Waals surface area contributed by atoms with Crippen LogP contribution in [0, 0.1) is 5.82 Å². The first-order chi connectivity index (χ1) is 14.7. The largest absolute Gasteiger partial charge is 0.489 e. The van der Waals surface area contributed by atoms with E-state index in [0.29, 0.717) is 41.6 Å². The van der Waals surface area contributed by atoms with E-state index in [1.54, 1.807) is 12.1 Å². The summed E-state index contributed by atoms with van der Waals surface area (Å²) in [6, 6.07) is 5.26. The second-order valence-corrected chi connectivity index (χ2v) is 9.11. The summed E-state index contributed by atoms with van der Waals surface area (Å²) in [5, 5.41) is 6.87. The molecule has 0 radical (unpaired) electrons. The normalized spacial score (nSPS) is 29.3. The van der Waals surface area contributed by atoms with Crippen LogP contribution in [0.15, 0.2) is 29.0 Å². The average Bonchev–Trinajstić information content (AvgIpc) is 3.43. The number of thioether (sulfide) groups is 1. The number of cyclic esters (lactones) is 1. The molecule has 0 spiro atoms. The van der Waals surface area contributed by atoms with Gasteiger partial charge in [0, 0.05) is 41.8 Å². The van der Waals surface area contributed by atoms with Crippen molar-refractivity contribution in [3.05, 3.63) is 30.3 Å². The van der Waals surface area contributed by atoms with Gasteiger partial charge in [0.1, 0.15) is 36.6 Å². The maximum atomic E-state index is 15.2. The van der Waals surface area contributed by atoms with E-state index in [9.17, 15) is 4.79 Å². The van der Waals surface area contributed by atoms with Crippen molar-refractivity contribution < 1.29 is 23.2 Å². The highest BCUT2D eigenvalue weighted by molar-refractivity contribution is 7.99. The van der Waals surface area contributed by atoms with Crippen LogP contribution in [-0.2, 0) is 4.74 Å². The molecular formula is C20H21FN4O4S. The first kappa shape index (κ1) is 18.2. The van der Waals surface area contributed by atoms with Crippen LogP contribution in [0.3, 0.4) is 0 Å². The summed E-state index contributed by atoms with van der Waals surface area (Å²) in [5.74, 6) is 2.82. The number of hydrogen-bond acceptors (Lipinski definition) is 8. The summed E-state index contributed by atoms with van der Waals surface area (Å²) < 4.78 is 31.6. The maximum absolute atomic E-state index is 15.2. The van der Waals surface area contributed by atoms with Crippen LogP contribution in [-0.4, -0.2) is 60.1 Å². The van der Waals surface area contributed by atoms with Crippen molar-refractivity contribution in [2.45, 2.75) is 37.1 Å². The minimum Gasteiger partial charge on any atom is -0.489 e. The Morgan fingerprint density at radius 3 is 2.83 bits per heavy atom. The van der Waals surface area contributed by atoms with Gasteiger partial charge in [0.25, 0.3) is 0 Å². The van der Waals surface area contributed by atoms with E-state index >= 15 is 4.39 Å². The zero-order valence-electron chi connectivity index (χ0n) is 16.1. The highest BCUT2D eigenvalue weighted by Gasteiger charge is 2.47. The van der Waals surface area contributed by atoms with Gasteiger partial charge < -0.3 is 24.2 Å². The summed E-state index contributed by atoms with van der Waals surface area (Å²) in [7, 11) is 0. The Hall–Kier alpha value is -2.62. The molecule has 0 aliphatic carbocycles.